The van der Waals surface area contributed by atoms with Gasteiger partial charge in [-0.3, -0.25) is 14.6 Å². The van der Waals surface area contributed by atoms with Crippen molar-refractivity contribution in [2.75, 3.05) is 26.3 Å². The lowest BCUT2D eigenvalue weighted by Gasteiger charge is -2.27. The molecule has 1 N–H and O–H groups in total. The predicted octanol–water partition coefficient (Wildman–Crippen LogP) is 0.768. The molecule has 0 saturated carbocycles. The summed E-state index contributed by atoms with van der Waals surface area (Å²) < 4.78 is 5.54. The van der Waals surface area contributed by atoms with Crippen LogP contribution in [0.1, 0.15) is 24.8 Å². The average Bonchev–Trinajstić information content (AvgIpc) is 2.97. The third-order valence-electron chi connectivity index (χ3n) is 4.55. The van der Waals surface area contributed by atoms with Crippen molar-refractivity contribution in [1.82, 2.24) is 15.2 Å². The Morgan fingerprint density at radius 2 is 2.13 bits per heavy atom. The molecule has 0 spiro atoms. The van der Waals surface area contributed by atoms with Crippen molar-refractivity contribution in [3.8, 4) is 0 Å². The third kappa shape index (κ3) is 4.28. The van der Waals surface area contributed by atoms with Gasteiger partial charge in [0.1, 0.15) is 0 Å². The zero-order valence-corrected chi connectivity index (χ0v) is 13.2. The van der Waals surface area contributed by atoms with Gasteiger partial charge < -0.3 is 15.0 Å². The van der Waals surface area contributed by atoms with Crippen molar-refractivity contribution in [2.24, 2.45) is 5.92 Å². The first-order valence-electron chi connectivity index (χ1n) is 8.26. The van der Waals surface area contributed by atoms with Crippen LogP contribution < -0.4 is 5.32 Å². The van der Waals surface area contributed by atoms with E-state index in [4.69, 9.17) is 4.74 Å². The second-order valence-corrected chi connectivity index (χ2v) is 6.30. The largest absolute Gasteiger partial charge is 0.379 e. The number of piperidine rings is 1. The summed E-state index contributed by atoms with van der Waals surface area (Å²) in [6.45, 7) is 2.04. The standard InChI is InChI=1S/C17H23N3O3/c21-16(10-20-8-2-1-3-17(20)22)19-15-12-23-11-14(15)9-13-4-6-18-7-5-13/h4-7,14-15H,1-3,8-12H2,(H,19,21)/t14-,15+/m1/s1. The highest BCUT2D eigenvalue weighted by atomic mass is 16.5. The van der Waals surface area contributed by atoms with Gasteiger partial charge in [-0.15, -0.1) is 0 Å². The van der Waals surface area contributed by atoms with Gasteiger partial charge in [-0.25, -0.2) is 0 Å². The molecule has 2 saturated heterocycles. The minimum atomic E-state index is -0.0875. The molecular formula is C17H23N3O3. The molecule has 6 nitrogen and oxygen atoms in total. The summed E-state index contributed by atoms with van der Waals surface area (Å²) in [6.07, 6.45) is 6.89. The van der Waals surface area contributed by atoms with E-state index in [-0.39, 0.29) is 30.3 Å². The van der Waals surface area contributed by atoms with E-state index in [1.807, 2.05) is 12.1 Å². The molecule has 2 aliphatic rings. The van der Waals surface area contributed by atoms with Gasteiger partial charge in [0, 0.05) is 31.3 Å². The maximum absolute atomic E-state index is 12.2. The van der Waals surface area contributed by atoms with Crippen LogP contribution in [0, 0.1) is 5.92 Å². The van der Waals surface area contributed by atoms with Gasteiger partial charge in [0.25, 0.3) is 0 Å². The van der Waals surface area contributed by atoms with E-state index >= 15 is 0 Å². The second-order valence-electron chi connectivity index (χ2n) is 6.30. The molecule has 6 heteroatoms. The normalized spacial score (nSPS) is 24.7. The van der Waals surface area contributed by atoms with Crippen LogP contribution in [0.5, 0.6) is 0 Å². The first-order valence-corrected chi connectivity index (χ1v) is 8.26. The topological polar surface area (TPSA) is 71.5 Å². The number of hydrogen-bond acceptors (Lipinski definition) is 4. The van der Waals surface area contributed by atoms with Gasteiger partial charge in [-0.05, 0) is 37.0 Å². The summed E-state index contributed by atoms with van der Waals surface area (Å²) in [7, 11) is 0. The summed E-state index contributed by atoms with van der Waals surface area (Å²) in [5.41, 5.74) is 1.20. The maximum atomic E-state index is 12.2. The molecule has 0 unspecified atom stereocenters. The van der Waals surface area contributed by atoms with Crippen LogP contribution >= 0.6 is 0 Å². The smallest absolute Gasteiger partial charge is 0.239 e. The molecule has 0 bridgehead atoms. The van der Waals surface area contributed by atoms with Gasteiger partial charge >= 0.3 is 0 Å². The number of amides is 2. The predicted molar refractivity (Wildman–Crippen MR) is 84.6 cm³/mol. The fraction of sp³-hybridized carbons (Fsp3) is 0.588. The van der Waals surface area contributed by atoms with E-state index in [9.17, 15) is 9.59 Å². The van der Waals surface area contributed by atoms with Crippen LogP contribution in [0.2, 0.25) is 0 Å². The Kier molecular flexibility index (Phi) is 5.23. The Morgan fingerprint density at radius 1 is 1.30 bits per heavy atom. The highest BCUT2D eigenvalue weighted by molar-refractivity contribution is 5.85. The molecular weight excluding hydrogens is 294 g/mol. The monoisotopic (exact) mass is 317 g/mol. The molecule has 2 atom stereocenters. The van der Waals surface area contributed by atoms with E-state index in [0.717, 1.165) is 19.3 Å². The number of hydrogen-bond donors (Lipinski definition) is 1. The molecule has 0 aromatic carbocycles. The molecule has 0 aliphatic carbocycles. The average molecular weight is 317 g/mol. The van der Waals surface area contributed by atoms with Gasteiger partial charge in [0.15, 0.2) is 0 Å². The van der Waals surface area contributed by atoms with Gasteiger partial charge in [-0.1, -0.05) is 0 Å². The number of nitrogens with zero attached hydrogens (tertiary/aromatic N) is 2. The van der Waals surface area contributed by atoms with Gasteiger partial charge in [0.2, 0.25) is 11.8 Å². The number of carbonyl (C=O) groups is 2. The second kappa shape index (κ2) is 7.55. The zero-order valence-electron chi connectivity index (χ0n) is 13.2. The Morgan fingerprint density at radius 3 is 2.91 bits per heavy atom. The maximum Gasteiger partial charge on any atom is 0.239 e. The molecule has 1 aromatic rings. The third-order valence-corrected chi connectivity index (χ3v) is 4.55. The Bertz CT molecular complexity index is 549. The van der Waals surface area contributed by atoms with Crippen LogP contribution in [0.3, 0.4) is 0 Å². The van der Waals surface area contributed by atoms with Crippen LogP contribution in [0.25, 0.3) is 0 Å². The van der Waals surface area contributed by atoms with Crippen LogP contribution in [-0.2, 0) is 20.7 Å². The summed E-state index contributed by atoms with van der Waals surface area (Å²) >= 11 is 0. The summed E-state index contributed by atoms with van der Waals surface area (Å²) in [5.74, 6) is 0.260. The van der Waals surface area contributed by atoms with Crippen molar-refractivity contribution in [3.05, 3.63) is 30.1 Å². The molecule has 124 valence electrons. The fourth-order valence-corrected chi connectivity index (χ4v) is 3.24. The van der Waals surface area contributed by atoms with Crippen molar-refractivity contribution in [3.63, 3.8) is 0 Å². The molecule has 23 heavy (non-hydrogen) atoms. The lowest BCUT2D eigenvalue weighted by Crippen LogP contribution is -2.47. The van der Waals surface area contributed by atoms with Crippen molar-refractivity contribution in [2.45, 2.75) is 31.7 Å². The number of ether oxygens (including phenoxy) is 1. The minimum absolute atomic E-state index is 0.00978. The number of likely N-dealkylation sites (tertiary alicyclic amines) is 1. The van der Waals surface area contributed by atoms with E-state index in [1.54, 1.807) is 17.3 Å². The first-order chi connectivity index (χ1) is 11.2. The number of nitrogens with one attached hydrogen (secondary N) is 1. The van der Waals surface area contributed by atoms with Crippen LogP contribution in [-0.4, -0.2) is 54.0 Å². The summed E-state index contributed by atoms with van der Waals surface area (Å²) in [6, 6.07) is 3.99. The highest BCUT2D eigenvalue weighted by Crippen LogP contribution is 2.19. The number of pyridine rings is 1. The number of carbonyl (C=O) groups excluding carboxylic acids is 2. The first kappa shape index (κ1) is 15.9. The SMILES string of the molecule is O=C(CN1CCCCC1=O)N[C@H]1COC[C@H]1Cc1ccncc1. The van der Waals surface area contributed by atoms with Crippen LogP contribution in [0.4, 0.5) is 0 Å². The molecule has 0 radical (unpaired) electrons. The zero-order chi connectivity index (χ0) is 16.1. The number of rotatable bonds is 5. The quantitative estimate of drug-likeness (QED) is 0.871. The van der Waals surface area contributed by atoms with E-state index in [0.29, 0.717) is 26.2 Å². The Hall–Kier alpha value is -1.95. The van der Waals surface area contributed by atoms with E-state index in [2.05, 4.69) is 10.3 Å². The molecule has 2 amide bonds. The van der Waals surface area contributed by atoms with Gasteiger partial charge in [0.05, 0.1) is 25.8 Å². The number of aromatic nitrogens is 1. The Balaban J connectivity index is 1.51. The molecule has 2 aliphatic heterocycles. The van der Waals surface area contributed by atoms with Crippen molar-refractivity contribution < 1.29 is 14.3 Å². The molecule has 3 rings (SSSR count). The van der Waals surface area contributed by atoms with Crippen molar-refractivity contribution in [1.29, 1.82) is 0 Å². The van der Waals surface area contributed by atoms with Gasteiger partial charge in [-0.2, -0.15) is 0 Å². The lowest BCUT2D eigenvalue weighted by atomic mass is 9.95. The lowest BCUT2D eigenvalue weighted by molar-refractivity contribution is -0.138. The van der Waals surface area contributed by atoms with Crippen LogP contribution in [0.15, 0.2) is 24.5 Å². The minimum Gasteiger partial charge on any atom is -0.379 e. The summed E-state index contributed by atoms with van der Waals surface area (Å²) in [4.78, 5) is 29.7. The molecule has 2 fully saturated rings. The van der Waals surface area contributed by atoms with E-state index < -0.39 is 0 Å². The summed E-state index contributed by atoms with van der Waals surface area (Å²) in [5, 5.41) is 3.04. The molecule has 3 heterocycles. The van der Waals surface area contributed by atoms with E-state index in [1.165, 1.54) is 5.56 Å². The molecule has 1 aromatic heterocycles. The fourth-order valence-electron chi connectivity index (χ4n) is 3.24. The highest BCUT2D eigenvalue weighted by Gasteiger charge is 2.30. The van der Waals surface area contributed by atoms with Crippen molar-refractivity contribution >= 4 is 11.8 Å². The Labute approximate surface area is 136 Å².